The summed E-state index contributed by atoms with van der Waals surface area (Å²) in [5.74, 6) is 0.869. The summed E-state index contributed by atoms with van der Waals surface area (Å²) >= 11 is 0. The molecule has 2 N–H and O–H groups in total. The largest absolute Gasteiger partial charge is 0.484 e. The van der Waals surface area contributed by atoms with Crippen molar-refractivity contribution < 1.29 is 4.74 Å². The van der Waals surface area contributed by atoms with Crippen LogP contribution in [0.25, 0.3) is 0 Å². The molecule has 1 aliphatic heterocycles. The lowest BCUT2D eigenvalue weighted by Crippen LogP contribution is -2.43. The maximum absolute atomic E-state index is 6.43. The first-order chi connectivity index (χ1) is 11.3. The quantitative estimate of drug-likeness (QED) is 0.877. The molecule has 2 aromatic carbocycles. The average molecular weight is 308 g/mol. The van der Waals surface area contributed by atoms with Crippen molar-refractivity contribution in [3.63, 3.8) is 0 Å². The van der Waals surface area contributed by atoms with Crippen LogP contribution in [0, 0.1) is 0 Å². The van der Waals surface area contributed by atoms with Crippen LogP contribution in [-0.2, 0) is 6.42 Å². The van der Waals surface area contributed by atoms with E-state index in [0.29, 0.717) is 6.04 Å². The van der Waals surface area contributed by atoms with E-state index in [2.05, 4.69) is 29.2 Å². The highest BCUT2D eigenvalue weighted by Crippen LogP contribution is 2.39. The Bertz CT molecular complexity index is 679. The Balaban J connectivity index is 1.63. The smallest absolute Gasteiger partial charge is 0.140 e. The van der Waals surface area contributed by atoms with E-state index in [9.17, 15) is 0 Å². The summed E-state index contributed by atoms with van der Waals surface area (Å²) in [5.41, 5.74) is 9.43. The number of piperidine rings is 1. The first-order valence-corrected chi connectivity index (χ1v) is 8.65. The van der Waals surface area contributed by atoms with Crippen molar-refractivity contribution in [3.05, 3.63) is 59.7 Å². The maximum atomic E-state index is 6.43. The van der Waals surface area contributed by atoms with Crippen LogP contribution in [0.5, 0.6) is 5.75 Å². The van der Waals surface area contributed by atoms with E-state index >= 15 is 0 Å². The monoisotopic (exact) mass is 308 g/mol. The molecular formula is C20H24N2O. The van der Waals surface area contributed by atoms with Gasteiger partial charge >= 0.3 is 0 Å². The number of likely N-dealkylation sites (tertiary alicyclic amines) is 1. The van der Waals surface area contributed by atoms with Crippen molar-refractivity contribution in [2.75, 3.05) is 18.8 Å². The van der Waals surface area contributed by atoms with Gasteiger partial charge in [-0.1, -0.05) is 36.8 Å². The van der Waals surface area contributed by atoms with Crippen LogP contribution in [-0.4, -0.2) is 24.0 Å². The van der Waals surface area contributed by atoms with Crippen LogP contribution in [0.2, 0.25) is 0 Å². The highest BCUT2D eigenvalue weighted by molar-refractivity contribution is 5.44. The second-order valence-corrected chi connectivity index (χ2v) is 6.68. The minimum atomic E-state index is 0.103. The van der Waals surface area contributed by atoms with Crippen LogP contribution in [0.3, 0.4) is 0 Å². The summed E-state index contributed by atoms with van der Waals surface area (Å²) in [5, 5.41) is 0. The number of hydrogen-bond donors (Lipinski definition) is 1. The summed E-state index contributed by atoms with van der Waals surface area (Å²) in [6.07, 6.45) is 5.15. The van der Waals surface area contributed by atoms with Gasteiger partial charge in [0.2, 0.25) is 0 Å². The van der Waals surface area contributed by atoms with Crippen LogP contribution in [0.4, 0.5) is 5.69 Å². The number of benzene rings is 2. The molecule has 23 heavy (non-hydrogen) atoms. The minimum Gasteiger partial charge on any atom is -0.484 e. The molecule has 1 saturated heterocycles. The SMILES string of the molecule is Nc1cccc(O[C@H]2c3ccccc3CC2N2CCCCC2)c1. The Labute approximate surface area is 138 Å². The van der Waals surface area contributed by atoms with Gasteiger partial charge in [-0.05, 0) is 55.6 Å². The Kier molecular flexibility index (Phi) is 3.96. The van der Waals surface area contributed by atoms with Gasteiger partial charge in [-0.25, -0.2) is 0 Å². The van der Waals surface area contributed by atoms with Gasteiger partial charge in [0.15, 0.2) is 0 Å². The number of rotatable bonds is 3. The number of ether oxygens (including phenoxy) is 1. The highest BCUT2D eigenvalue weighted by Gasteiger charge is 2.38. The van der Waals surface area contributed by atoms with Crippen molar-refractivity contribution in [1.82, 2.24) is 4.90 Å². The molecule has 2 aromatic rings. The predicted octanol–water partition coefficient (Wildman–Crippen LogP) is 3.80. The number of anilines is 1. The molecule has 1 unspecified atom stereocenters. The topological polar surface area (TPSA) is 38.5 Å². The fourth-order valence-electron chi connectivity index (χ4n) is 3.98. The molecule has 3 nitrogen and oxygen atoms in total. The molecule has 2 atom stereocenters. The second kappa shape index (κ2) is 6.25. The number of fused-ring (bicyclic) bond motifs is 1. The molecule has 0 amide bonds. The summed E-state index contributed by atoms with van der Waals surface area (Å²) in [6.45, 7) is 2.38. The van der Waals surface area contributed by atoms with E-state index in [1.54, 1.807) is 0 Å². The highest BCUT2D eigenvalue weighted by atomic mass is 16.5. The number of nitrogen functional groups attached to an aromatic ring is 1. The third kappa shape index (κ3) is 2.93. The summed E-state index contributed by atoms with van der Waals surface area (Å²) in [7, 11) is 0. The lowest BCUT2D eigenvalue weighted by molar-refractivity contribution is 0.0648. The van der Waals surface area contributed by atoms with Gasteiger partial charge in [0, 0.05) is 11.8 Å². The standard InChI is InChI=1S/C20H24N2O/c21-16-8-6-9-17(14-16)23-20-18-10-3-2-7-15(18)13-19(20)22-11-4-1-5-12-22/h2-3,6-10,14,19-20H,1,4-5,11-13,21H2/t19?,20-/m0/s1. The summed E-state index contributed by atoms with van der Waals surface area (Å²) < 4.78 is 6.43. The van der Waals surface area contributed by atoms with Gasteiger partial charge < -0.3 is 10.5 Å². The summed E-state index contributed by atoms with van der Waals surface area (Å²) in [4.78, 5) is 2.63. The molecule has 0 bridgehead atoms. The van der Waals surface area contributed by atoms with Crippen LogP contribution < -0.4 is 10.5 Å². The Hall–Kier alpha value is -2.00. The molecule has 2 aliphatic rings. The molecule has 1 aliphatic carbocycles. The molecule has 0 aromatic heterocycles. The number of nitrogens with zero attached hydrogens (tertiary/aromatic N) is 1. The van der Waals surface area contributed by atoms with Crippen molar-refractivity contribution in [1.29, 1.82) is 0 Å². The van der Waals surface area contributed by atoms with Gasteiger partial charge in [-0.3, -0.25) is 4.90 Å². The van der Waals surface area contributed by atoms with Crippen molar-refractivity contribution >= 4 is 5.69 Å². The zero-order chi connectivity index (χ0) is 15.6. The van der Waals surface area contributed by atoms with Crippen molar-refractivity contribution in [3.8, 4) is 5.75 Å². The first-order valence-electron chi connectivity index (χ1n) is 8.65. The number of hydrogen-bond acceptors (Lipinski definition) is 3. The first kappa shape index (κ1) is 14.6. The molecule has 120 valence electrons. The molecule has 3 heteroatoms. The lowest BCUT2D eigenvalue weighted by atomic mass is 10.0. The third-order valence-corrected chi connectivity index (χ3v) is 5.12. The molecule has 1 heterocycles. The predicted molar refractivity (Wildman–Crippen MR) is 93.6 cm³/mol. The fraction of sp³-hybridized carbons (Fsp3) is 0.400. The van der Waals surface area contributed by atoms with Crippen molar-refractivity contribution in [2.45, 2.75) is 37.8 Å². The molecule has 0 radical (unpaired) electrons. The molecule has 0 spiro atoms. The zero-order valence-electron chi connectivity index (χ0n) is 13.4. The third-order valence-electron chi connectivity index (χ3n) is 5.12. The summed E-state index contributed by atoms with van der Waals surface area (Å²) in [6, 6.07) is 16.9. The Morgan fingerprint density at radius 2 is 1.78 bits per heavy atom. The molecular weight excluding hydrogens is 284 g/mol. The number of nitrogens with two attached hydrogens (primary N) is 1. The normalized spacial score (nSPS) is 24.3. The molecule has 0 saturated carbocycles. The van der Waals surface area contributed by atoms with Crippen LogP contribution >= 0.6 is 0 Å². The van der Waals surface area contributed by atoms with Crippen molar-refractivity contribution in [2.24, 2.45) is 0 Å². The van der Waals surface area contributed by atoms with E-state index in [1.165, 1.54) is 43.5 Å². The van der Waals surface area contributed by atoms with E-state index < -0.39 is 0 Å². The van der Waals surface area contributed by atoms with Gasteiger partial charge in [-0.15, -0.1) is 0 Å². The Morgan fingerprint density at radius 1 is 0.957 bits per heavy atom. The maximum Gasteiger partial charge on any atom is 0.140 e. The van der Waals surface area contributed by atoms with Gasteiger partial charge in [0.25, 0.3) is 0 Å². The fourth-order valence-corrected chi connectivity index (χ4v) is 3.98. The van der Waals surface area contributed by atoms with Gasteiger partial charge in [0.1, 0.15) is 11.9 Å². The van der Waals surface area contributed by atoms with E-state index in [-0.39, 0.29) is 6.10 Å². The van der Waals surface area contributed by atoms with Gasteiger partial charge in [0.05, 0.1) is 6.04 Å². The molecule has 4 rings (SSSR count). The minimum absolute atomic E-state index is 0.103. The zero-order valence-corrected chi connectivity index (χ0v) is 13.4. The van der Waals surface area contributed by atoms with Crippen LogP contribution in [0.15, 0.2) is 48.5 Å². The van der Waals surface area contributed by atoms with E-state index in [1.807, 2.05) is 24.3 Å². The lowest BCUT2D eigenvalue weighted by Gasteiger charge is -2.35. The second-order valence-electron chi connectivity index (χ2n) is 6.68. The molecule has 1 fully saturated rings. The van der Waals surface area contributed by atoms with E-state index in [4.69, 9.17) is 10.5 Å². The van der Waals surface area contributed by atoms with E-state index in [0.717, 1.165) is 17.9 Å². The van der Waals surface area contributed by atoms with Crippen LogP contribution in [0.1, 0.15) is 36.5 Å². The average Bonchev–Trinajstić information content (AvgIpc) is 2.95. The van der Waals surface area contributed by atoms with Gasteiger partial charge in [-0.2, -0.15) is 0 Å². The Morgan fingerprint density at radius 3 is 2.61 bits per heavy atom.